The zero-order chi connectivity index (χ0) is 16.4. The van der Waals surface area contributed by atoms with Crippen LogP contribution < -0.4 is 4.74 Å². The Kier molecular flexibility index (Phi) is 8.60. The molecule has 0 spiro atoms. The molecule has 0 heterocycles. The van der Waals surface area contributed by atoms with E-state index in [0.29, 0.717) is 17.4 Å². The van der Waals surface area contributed by atoms with Gasteiger partial charge in [0.05, 0.1) is 24.5 Å². The molecule has 0 aromatic heterocycles. The van der Waals surface area contributed by atoms with Gasteiger partial charge >= 0.3 is 11.9 Å². The second-order valence-corrected chi connectivity index (χ2v) is 5.60. The maximum Gasteiger partial charge on any atom is 0.311 e. The molecule has 0 amide bonds. The summed E-state index contributed by atoms with van der Waals surface area (Å²) < 4.78 is 10.2. The van der Waals surface area contributed by atoms with Gasteiger partial charge in [0.1, 0.15) is 5.75 Å². The van der Waals surface area contributed by atoms with Gasteiger partial charge in [-0.15, -0.1) is 0 Å². The van der Waals surface area contributed by atoms with Crippen LogP contribution in [-0.4, -0.2) is 18.5 Å². The number of hydrogen-bond acceptors (Lipinski definition) is 4. The van der Waals surface area contributed by atoms with Gasteiger partial charge in [0.2, 0.25) is 0 Å². The predicted octanol–water partition coefficient (Wildman–Crippen LogP) is 4.46. The summed E-state index contributed by atoms with van der Waals surface area (Å²) in [7, 11) is 0. The van der Waals surface area contributed by atoms with Gasteiger partial charge in [-0.2, -0.15) is 0 Å². The Labute approximate surface area is 136 Å². The van der Waals surface area contributed by atoms with Crippen molar-refractivity contribution in [3.63, 3.8) is 0 Å². The van der Waals surface area contributed by atoms with E-state index in [1.54, 1.807) is 12.1 Å². The Hall–Kier alpha value is -1.55. The number of unbranched alkanes of at least 4 members (excludes halogenated alkanes) is 3. The van der Waals surface area contributed by atoms with Crippen molar-refractivity contribution in [3.8, 4) is 5.75 Å². The van der Waals surface area contributed by atoms with Crippen LogP contribution in [0.4, 0.5) is 0 Å². The molecular weight excluding hydrogens is 304 g/mol. The number of hydrogen-bond donors (Lipinski definition) is 0. The lowest BCUT2D eigenvalue weighted by molar-refractivity contribution is -0.147. The van der Waals surface area contributed by atoms with E-state index < -0.39 is 5.97 Å². The first-order valence-corrected chi connectivity index (χ1v) is 8.03. The number of halogens is 1. The number of rotatable bonds is 9. The molecule has 4 nitrogen and oxygen atoms in total. The summed E-state index contributed by atoms with van der Waals surface area (Å²) in [5.74, 6) is -0.543. The molecule has 122 valence electrons. The van der Waals surface area contributed by atoms with E-state index in [0.717, 1.165) is 31.2 Å². The SMILES string of the molecule is CCCCCCOC(=O)CCC(=O)Oc1cc(C)ccc1Cl. The van der Waals surface area contributed by atoms with Crippen LogP contribution in [0.25, 0.3) is 0 Å². The molecule has 0 radical (unpaired) electrons. The van der Waals surface area contributed by atoms with Crippen LogP contribution in [0.2, 0.25) is 5.02 Å². The van der Waals surface area contributed by atoms with Crippen molar-refractivity contribution in [2.45, 2.75) is 52.4 Å². The van der Waals surface area contributed by atoms with Crippen molar-refractivity contribution in [3.05, 3.63) is 28.8 Å². The minimum Gasteiger partial charge on any atom is -0.466 e. The van der Waals surface area contributed by atoms with E-state index in [2.05, 4.69) is 6.92 Å². The fourth-order valence-corrected chi connectivity index (χ4v) is 2.01. The maximum absolute atomic E-state index is 11.7. The quantitative estimate of drug-likeness (QED) is 0.382. The summed E-state index contributed by atoms with van der Waals surface area (Å²) in [4.78, 5) is 23.2. The highest BCUT2D eigenvalue weighted by Crippen LogP contribution is 2.25. The third kappa shape index (κ3) is 7.46. The van der Waals surface area contributed by atoms with Gasteiger partial charge in [0, 0.05) is 0 Å². The molecule has 1 aromatic carbocycles. The van der Waals surface area contributed by atoms with Crippen molar-refractivity contribution in [2.24, 2.45) is 0 Å². The van der Waals surface area contributed by atoms with Crippen LogP contribution in [-0.2, 0) is 14.3 Å². The molecule has 0 fully saturated rings. The van der Waals surface area contributed by atoms with Gasteiger partial charge in [-0.25, -0.2) is 0 Å². The van der Waals surface area contributed by atoms with E-state index in [1.807, 2.05) is 13.0 Å². The Morgan fingerprint density at radius 2 is 1.82 bits per heavy atom. The lowest BCUT2D eigenvalue weighted by atomic mass is 10.2. The number of benzene rings is 1. The molecule has 0 saturated carbocycles. The Balaban J connectivity index is 2.25. The van der Waals surface area contributed by atoms with Crippen LogP contribution >= 0.6 is 11.6 Å². The highest BCUT2D eigenvalue weighted by atomic mass is 35.5. The molecule has 0 aliphatic heterocycles. The number of carbonyl (C=O) groups excluding carboxylic acids is 2. The zero-order valence-corrected chi connectivity index (χ0v) is 13.9. The average molecular weight is 327 g/mol. The summed E-state index contributed by atoms with van der Waals surface area (Å²) in [5, 5.41) is 0.373. The van der Waals surface area contributed by atoms with Crippen molar-refractivity contribution in [1.82, 2.24) is 0 Å². The largest absolute Gasteiger partial charge is 0.466 e. The minimum absolute atomic E-state index is 0.0158. The summed E-state index contributed by atoms with van der Waals surface area (Å²) in [5.41, 5.74) is 0.943. The molecule has 1 rings (SSSR count). The smallest absolute Gasteiger partial charge is 0.311 e. The molecule has 0 N–H and O–H groups in total. The van der Waals surface area contributed by atoms with Gasteiger partial charge in [-0.1, -0.05) is 43.9 Å². The highest BCUT2D eigenvalue weighted by Gasteiger charge is 2.12. The third-order valence-corrected chi connectivity index (χ3v) is 3.42. The molecule has 0 bridgehead atoms. The average Bonchev–Trinajstić information content (AvgIpc) is 2.49. The summed E-state index contributed by atoms with van der Waals surface area (Å²) in [6.45, 7) is 4.42. The van der Waals surface area contributed by atoms with Gasteiger partial charge in [0.25, 0.3) is 0 Å². The molecule has 0 atom stereocenters. The van der Waals surface area contributed by atoms with Crippen molar-refractivity contribution >= 4 is 23.5 Å². The van der Waals surface area contributed by atoms with E-state index in [1.165, 1.54) is 0 Å². The van der Waals surface area contributed by atoms with Crippen LogP contribution in [0, 0.1) is 6.92 Å². The minimum atomic E-state index is -0.490. The molecule has 0 aliphatic carbocycles. The van der Waals surface area contributed by atoms with E-state index >= 15 is 0 Å². The lowest BCUT2D eigenvalue weighted by Gasteiger charge is -2.07. The van der Waals surface area contributed by atoms with Crippen molar-refractivity contribution in [1.29, 1.82) is 0 Å². The summed E-state index contributed by atoms with van der Waals surface area (Å²) in [6.07, 6.45) is 4.21. The number of ether oxygens (including phenoxy) is 2. The van der Waals surface area contributed by atoms with Gasteiger partial charge in [-0.05, 0) is 31.0 Å². The Morgan fingerprint density at radius 3 is 2.55 bits per heavy atom. The Bertz CT molecular complexity index is 499. The first-order valence-electron chi connectivity index (χ1n) is 7.65. The number of esters is 2. The molecule has 1 aromatic rings. The molecule has 0 unspecified atom stereocenters. The Morgan fingerprint density at radius 1 is 1.09 bits per heavy atom. The van der Waals surface area contributed by atoms with Gasteiger partial charge < -0.3 is 9.47 Å². The maximum atomic E-state index is 11.7. The monoisotopic (exact) mass is 326 g/mol. The van der Waals surface area contributed by atoms with Gasteiger partial charge in [0.15, 0.2) is 0 Å². The zero-order valence-electron chi connectivity index (χ0n) is 13.2. The second kappa shape index (κ2) is 10.2. The first-order chi connectivity index (χ1) is 10.5. The van der Waals surface area contributed by atoms with Crippen LogP contribution in [0.15, 0.2) is 18.2 Å². The van der Waals surface area contributed by atoms with E-state index in [9.17, 15) is 9.59 Å². The predicted molar refractivity (Wildman–Crippen MR) is 86.2 cm³/mol. The van der Waals surface area contributed by atoms with Crippen LogP contribution in [0.3, 0.4) is 0 Å². The normalized spacial score (nSPS) is 10.3. The van der Waals surface area contributed by atoms with Crippen LogP contribution in [0.1, 0.15) is 51.0 Å². The topological polar surface area (TPSA) is 52.6 Å². The van der Waals surface area contributed by atoms with E-state index in [-0.39, 0.29) is 18.8 Å². The van der Waals surface area contributed by atoms with Crippen molar-refractivity contribution < 1.29 is 19.1 Å². The highest BCUT2D eigenvalue weighted by molar-refractivity contribution is 6.32. The standard InChI is InChI=1S/C17H23ClO4/c1-3-4-5-6-11-21-16(19)9-10-17(20)22-15-12-13(2)7-8-14(15)18/h7-8,12H,3-6,9-11H2,1-2H3. The lowest BCUT2D eigenvalue weighted by Crippen LogP contribution is -2.13. The molecule has 22 heavy (non-hydrogen) atoms. The summed E-state index contributed by atoms with van der Waals surface area (Å²) in [6, 6.07) is 5.19. The second-order valence-electron chi connectivity index (χ2n) is 5.19. The molecular formula is C17H23ClO4. The fraction of sp³-hybridized carbons (Fsp3) is 0.529. The van der Waals surface area contributed by atoms with Crippen molar-refractivity contribution in [2.75, 3.05) is 6.61 Å². The number of carbonyl (C=O) groups is 2. The molecule has 0 aliphatic rings. The first kappa shape index (κ1) is 18.5. The number of aryl methyl sites for hydroxylation is 1. The molecule has 5 heteroatoms. The van der Waals surface area contributed by atoms with Gasteiger partial charge in [-0.3, -0.25) is 9.59 Å². The fourth-order valence-electron chi connectivity index (χ4n) is 1.85. The molecule has 0 saturated heterocycles. The summed E-state index contributed by atoms with van der Waals surface area (Å²) >= 11 is 5.94. The van der Waals surface area contributed by atoms with Crippen LogP contribution in [0.5, 0.6) is 5.75 Å². The van der Waals surface area contributed by atoms with E-state index in [4.69, 9.17) is 21.1 Å². The third-order valence-electron chi connectivity index (χ3n) is 3.10.